The predicted octanol–water partition coefficient (Wildman–Crippen LogP) is 4.13. The largest absolute Gasteiger partial charge is 0.346 e. The van der Waals surface area contributed by atoms with Crippen LogP contribution >= 0.6 is 0 Å². The summed E-state index contributed by atoms with van der Waals surface area (Å²) in [7, 11) is 0. The Bertz CT molecular complexity index is 1180. The summed E-state index contributed by atoms with van der Waals surface area (Å²) in [6, 6.07) is 4.47. The molecule has 0 radical (unpaired) electrons. The first-order valence-corrected chi connectivity index (χ1v) is 15.4. The molecule has 1 N–H and O–H groups in total. The van der Waals surface area contributed by atoms with Crippen LogP contribution in [-0.4, -0.2) is 79.6 Å². The lowest BCUT2D eigenvalue weighted by Crippen LogP contribution is -2.59. The number of allylic oxidation sites excluding steroid dienone is 1. The molecule has 1 aromatic rings. The van der Waals surface area contributed by atoms with Crippen LogP contribution in [0.15, 0.2) is 38.9 Å². The molecule has 1 aliphatic carbocycles. The minimum Gasteiger partial charge on any atom is -0.346 e. The molecule has 210 valence electrons. The molecule has 7 nitrogen and oxygen atoms in total. The molecular formula is C32H47N7. The lowest BCUT2D eigenvalue weighted by Gasteiger charge is -2.50. The molecule has 0 aromatic carbocycles. The second kappa shape index (κ2) is 13.7. The number of nitrogens with zero attached hydrogens (tertiary/aromatic N) is 6. The molecule has 4 aliphatic rings. The van der Waals surface area contributed by atoms with Crippen molar-refractivity contribution in [1.82, 2.24) is 14.8 Å². The van der Waals surface area contributed by atoms with E-state index in [0.717, 1.165) is 46.9 Å². The van der Waals surface area contributed by atoms with Gasteiger partial charge in [0.15, 0.2) is 0 Å². The van der Waals surface area contributed by atoms with Gasteiger partial charge in [0, 0.05) is 67.4 Å². The number of unbranched alkanes of at least 4 members (excludes halogenated alkanes) is 1. The lowest BCUT2D eigenvalue weighted by atomic mass is 9.76. The van der Waals surface area contributed by atoms with Crippen LogP contribution in [0.2, 0.25) is 0 Å². The van der Waals surface area contributed by atoms with E-state index in [1.807, 2.05) is 31.6 Å². The molecule has 3 fully saturated rings. The Labute approximate surface area is 234 Å². The van der Waals surface area contributed by atoms with Gasteiger partial charge in [-0.3, -0.25) is 15.0 Å². The molecular weight excluding hydrogens is 482 g/mol. The maximum absolute atomic E-state index is 9.55. The van der Waals surface area contributed by atoms with Gasteiger partial charge in [0.05, 0.1) is 18.3 Å². The fourth-order valence-corrected chi connectivity index (χ4v) is 7.15. The number of rotatable bonds is 12. The Hall–Kier alpha value is -2.56. The average molecular weight is 530 g/mol. The Morgan fingerprint density at radius 2 is 1.97 bits per heavy atom. The summed E-state index contributed by atoms with van der Waals surface area (Å²) in [6.45, 7) is 10.3. The SMILES string of the molecule is C/C=C(\C=NCC1(CC#N)CN(CC2CCN(CCCCC3CCCC3)CC2)C1)C1=c2cc[nH]c2=NCC=N1. The van der Waals surface area contributed by atoms with Crippen molar-refractivity contribution < 1.29 is 0 Å². The van der Waals surface area contributed by atoms with Gasteiger partial charge >= 0.3 is 0 Å². The van der Waals surface area contributed by atoms with E-state index >= 15 is 0 Å². The smallest absolute Gasteiger partial charge is 0.134 e. The summed E-state index contributed by atoms with van der Waals surface area (Å²) in [4.78, 5) is 22.5. The topological polar surface area (TPSA) is 83.1 Å². The highest BCUT2D eigenvalue weighted by Crippen LogP contribution is 2.36. The van der Waals surface area contributed by atoms with Gasteiger partial charge in [0.2, 0.25) is 0 Å². The number of H-pyrrole nitrogens is 1. The number of hydrogen-bond acceptors (Lipinski definition) is 6. The van der Waals surface area contributed by atoms with Crippen molar-refractivity contribution in [3.05, 3.63) is 34.6 Å². The van der Waals surface area contributed by atoms with E-state index in [4.69, 9.17) is 4.99 Å². The average Bonchev–Trinajstić information content (AvgIpc) is 3.58. The number of nitrogens with one attached hydrogen (secondary N) is 1. The third-order valence-electron chi connectivity index (χ3n) is 9.38. The van der Waals surface area contributed by atoms with E-state index in [2.05, 4.69) is 36.9 Å². The zero-order chi connectivity index (χ0) is 26.9. The zero-order valence-corrected chi connectivity index (χ0v) is 24.0. The first-order valence-electron chi connectivity index (χ1n) is 15.4. The van der Waals surface area contributed by atoms with Gasteiger partial charge in [-0.15, -0.1) is 0 Å². The van der Waals surface area contributed by atoms with Gasteiger partial charge in [0.25, 0.3) is 0 Å². The monoisotopic (exact) mass is 529 g/mol. The number of fused-ring (bicyclic) bond motifs is 1. The molecule has 2 saturated heterocycles. The minimum absolute atomic E-state index is 0.0178. The summed E-state index contributed by atoms with van der Waals surface area (Å²) < 4.78 is 0. The molecule has 0 bridgehead atoms. The van der Waals surface area contributed by atoms with E-state index in [9.17, 15) is 5.26 Å². The van der Waals surface area contributed by atoms with E-state index in [1.165, 1.54) is 84.0 Å². The van der Waals surface area contributed by atoms with Crippen LogP contribution in [0, 0.1) is 28.6 Å². The van der Waals surface area contributed by atoms with Crippen LogP contribution in [-0.2, 0) is 0 Å². The van der Waals surface area contributed by atoms with Crippen LogP contribution in [0.1, 0.15) is 71.1 Å². The summed E-state index contributed by atoms with van der Waals surface area (Å²) in [5.74, 6) is 1.83. The molecule has 39 heavy (non-hydrogen) atoms. The van der Waals surface area contributed by atoms with Crippen LogP contribution in [0.25, 0.3) is 5.70 Å². The first kappa shape index (κ1) is 28.0. The third kappa shape index (κ3) is 7.35. The number of nitriles is 1. The maximum atomic E-state index is 9.55. The number of hydrogen-bond donors (Lipinski definition) is 1. The Balaban J connectivity index is 1.05. The molecule has 1 saturated carbocycles. The summed E-state index contributed by atoms with van der Waals surface area (Å²) in [5.41, 5.74) is 2.76. The van der Waals surface area contributed by atoms with Crippen molar-refractivity contribution in [2.75, 3.05) is 52.4 Å². The number of aromatic amines is 1. The number of aromatic nitrogens is 1. The second-order valence-corrected chi connectivity index (χ2v) is 12.4. The molecule has 5 rings (SSSR count). The zero-order valence-electron chi connectivity index (χ0n) is 24.0. The highest BCUT2D eigenvalue weighted by Gasteiger charge is 2.43. The van der Waals surface area contributed by atoms with Gasteiger partial charge in [-0.1, -0.05) is 44.6 Å². The maximum Gasteiger partial charge on any atom is 0.134 e. The van der Waals surface area contributed by atoms with Gasteiger partial charge in [0.1, 0.15) is 5.49 Å². The number of piperidine rings is 1. The molecule has 4 heterocycles. The first-order chi connectivity index (χ1) is 19.2. The highest BCUT2D eigenvalue weighted by atomic mass is 15.2. The molecule has 3 aliphatic heterocycles. The van der Waals surface area contributed by atoms with Gasteiger partial charge in [-0.25, -0.2) is 0 Å². The molecule has 0 spiro atoms. The highest BCUT2D eigenvalue weighted by molar-refractivity contribution is 5.96. The van der Waals surface area contributed by atoms with Crippen molar-refractivity contribution in [2.24, 2.45) is 32.2 Å². The fraction of sp³-hybridized carbons (Fsp3) is 0.688. The molecule has 1 aromatic heterocycles. The van der Waals surface area contributed by atoms with Crippen LogP contribution in [0.4, 0.5) is 0 Å². The minimum atomic E-state index is -0.0178. The van der Waals surface area contributed by atoms with Crippen LogP contribution < -0.4 is 10.7 Å². The summed E-state index contributed by atoms with van der Waals surface area (Å²) in [5, 5.41) is 10.6. The van der Waals surface area contributed by atoms with Crippen molar-refractivity contribution >= 4 is 18.1 Å². The Morgan fingerprint density at radius 1 is 1.15 bits per heavy atom. The van der Waals surface area contributed by atoms with Crippen molar-refractivity contribution in [3.8, 4) is 6.07 Å². The molecule has 0 amide bonds. The molecule has 0 unspecified atom stereocenters. The normalized spacial score (nSPS) is 23.0. The van der Waals surface area contributed by atoms with Crippen LogP contribution in [0.5, 0.6) is 0 Å². The van der Waals surface area contributed by atoms with E-state index in [1.54, 1.807) is 0 Å². The van der Waals surface area contributed by atoms with Crippen LogP contribution in [0.3, 0.4) is 0 Å². The predicted molar refractivity (Wildman–Crippen MR) is 160 cm³/mol. The van der Waals surface area contributed by atoms with E-state index in [0.29, 0.717) is 19.5 Å². The standard InChI is InChI=1S/C32H47N7/c1-2-28(30-29-10-15-36-31(29)37-17-16-35-30)21-34-23-32(13-14-33)24-39(25-32)22-27-11-19-38(20-12-27)18-6-5-9-26-7-3-4-8-26/h2,10,15-16,21,26-27H,3-9,11-13,17-20,22-25H2,1H3,(H,36,37)/b28-2+,34-21?. The van der Waals surface area contributed by atoms with Crippen molar-refractivity contribution in [3.63, 3.8) is 0 Å². The van der Waals surface area contributed by atoms with E-state index in [-0.39, 0.29) is 5.41 Å². The lowest BCUT2D eigenvalue weighted by molar-refractivity contribution is -0.00710. The van der Waals surface area contributed by atoms with Crippen molar-refractivity contribution in [1.29, 1.82) is 5.26 Å². The quantitative estimate of drug-likeness (QED) is 0.326. The van der Waals surface area contributed by atoms with Gasteiger partial charge in [-0.2, -0.15) is 5.26 Å². The molecule has 7 heteroatoms. The Morgan fingerprint density at radius 3 is 2.74 bits per heavy atom. The summed E-state index contributed by atoms with van der Waals surface area (Å²) in [6.07, 6.45) is 21.2. The van der Waals surface area contributed by atoms with Gasteiger partial charge in [-0.05, 0) is 63.7 Å². The second-order valence-electron chi connectivity index (χ2n) is 12.4. The number of aliphatic imine (C=N–C) groups is 2. The Kier molecular flexibility index (Phi) is 9.81. The van der Waals surface area contributed by atoms with Gasteiger partial charge < -0.3 is 14.8 Å². The number of likely N-dealkylation sites (tertiary alicyclic amines) is 2. The van der Waals surface area contributed by atoms with E-state index < -0.39 is 0 Å². The van der Waals surface area contributed by atoms with Crippen molar-refractivity contribution in [2.45, 2.75) is 71.1 Å². The third-order valence-corrected chi connectivity index (χ3v) is 9.38. The molecule has 0 atom stereocenters. The fourth-order valence-electron chi connectivity index (χ4n) is 7.15. The summed E-state index contributed by atoms with van der Waals surface area (Å²) >= 11 is 0.